The molecule has 1 aromatic carbocycles. The summed E-state index contributed by atoms with van der Waals surface area (Å²) in [5.74, 6) is 1.58. The summed E-state index contributed by atoms with van der Waals surface area (Å²) in [6.45, 7) is 2.54. The number of likely N-dealkylation sites (tertiary alicyclic amines) is 1. The van der Waals surface area contributed by atoms with E-state index in [1.807, 2.05) is 54.9 Å². The predicted octanol–water partition coefficient (Wildman–Crippen LogP) is 3.83. The van der Waals surface area contributed by atoms with E-state index in [1.165, 1.54) is 0 Å². The summed E-state index contributed by atoms with van der Waals surface area (Å²) < 4.78 is 5.32. The van der Waals surface area contributed by atoms with E-state index in [0.29, 0.717) is 11.6 Å². The molecule has 0 amide bonds. The van der Waals surface area contributed by atoms with Crippen LogP contribution in [-0.4, -0.2) is 33.7 Å². The zero-order valence-corrected chi connectivity index (χ0v) is 14.5. The molecule has 1 atom stereocenters. The molecule has 0 bridgehead atoms. The molecule has 1 fully saturated rings. The zero-order valence-electron chi connectivity index (χ0n) is 14.5. The standard InChI is InChI=1S/C21H21N3O2/c25-20(17-6-2-1-3-7-17)18-8-4-10-24(15-18)14-16-12-22-21(23-13-16)19-9-5-11-26-19/h1-3,5-7,9,11-13,18H,4,8,10,14-15H2. The molecule has 0 spiro atoms. The first-order chi connectivity index (χ1) is 12.8. The molecule has 1 saturated heterocycles. The van der Waals surface area contributed by atoms with E-state index in [1.54, 1.807) is 6.26 Å². The number of benzene rings is 1. The van der Waals surface area contributed by atoms with Crippen LogP contribution in [0, 0.1) is 5.92 Å². The van der Waals surface area contributed by atoms with Crippen LogP contribution in [0.1, 0.15) is 28.8 Å². The molecule has 2 aromatic heterocycles. The van der Waals surface area contributed by atoms with Gasteiger partial charge in [0.1, 0.15) is 0 Å². The lowest BCUT2D eigenvalue weighted by Crippen LogP contribution is -2.38. The Morgan fingerprint density at radius 3 is 2.65 bits per heavy atom. The van der Waals surface area contributed by atoms with Crippen LogP contribution in [0.4, 0.5) is 0 Å². The Labute approximate surface area is 152 Å². The van der Waals surface area contributed by atoms with Crippen LogP contribution < -0.4 is 0 Å². The highest BCUT2D eigenvalue weighted by molar-refractivity contribution is 5.98. The van der Waals surface area contributed by atoms with E-state index in [9.17, 15) is 4.79 Å². The normalized spacial score (nSPS) is 17.9. The van der Waals surface area contributed by atoms with Gasteiger partial charge in [-0.3, -0.25) is 9.69 Å². The van der Waals surface area contributed by atoms with Gasteiger partial charge in [0.25, 0.3) is 0 Å². The van der Waals surface area contributed by atoms with Crippen molar-refractivity contribution in [3.63, 3.8) is 0 Å². The van der Waals surface area contributed by atoms with Crippen LogP contribution in [-0.2, 0) is 6.54 Å². The Morgan fingerprint density at radius 2 is 1.92 bits per heavy atom. The second-order valence-corrected chi connectivity index (χ2v) is 6.70. The molecule has 3 heterocycles. The average Bonchev–Trinajstić information content (AvgIpc) is 3.24. The molecule has 0 radical (unpaired) electrons. The van der Waals surface area contributed by atoms with Gasteiger partial charge in [-0.25, -0.2) is 9.97 Å². The minimum atomic E-state index is 0.0643. The number of nitrogens with zero attached hydrogens (tertiary/aromatic N) is 3. The van der Waals surface area contributed by atoms with Crippen molar-refractivity contribution in [3.8, 4) is 11.6 Å². The average molecular weight is 347 g/mol. The van der Waals surface area contributed by atoms with Crippen molar-refractivity contribution in [2.75, 3.05) is 13.1 Å². The molecular weight excluding hydrogens is 326 g/mol. The van der Waals surface area contributed by atoms with Gasteiger partial charge in [0.2, 0.25) is 0 Å². The Morgan fingerprint density at radius 1 is 1.12 bits per heavy atom. The molecule has 1 unspecified atom stereocenters. The number of Topliss-reactive ketones (excluding diaryl/α,β-unsaturated/α-hetero) is 1. The third-order valence-electron chi connectivity index (χ3n) is 4.79. The molecule has 132 valence electrons. The summed E-state index contributed by atoms with van der Waals surface area (Å²) in [4.78, 5) is 23.8. The summed E-state index contributed by atoms with van der Waals surface area (Å²) in [7, 11) is 0. The van der Waals surface area contributed by atoms with Gasteiger partial charge >= 0.3 is 0 Å². The fourth-order valence-corrected chi connectivity index (χ4v) is 3.48. The van der Waals surface area contributed by atoms with E-state index in [2.05, 4.69) is 14.9 Å². The number of carbonyl (C=O) groups excluding carboxylic acids is 1. The first-order valence-electron chi connectivity index (χ1n) is 8.96. The van der Waals surface area contributed by atoms with Crippen molar-refractivity contribution < 1.29 is 9.21 Å². The molecule has 4 rings (SSSR count). The third-order valence-corrected chi connectivity index (χ3v) is 4.79. The summed E-state index contributed by atoms with van der Waals surface area (Å²) in [6.07, 6.45) is 7.29. The largest absolute Gasteiger partial charge is 0.461 e. The number of rotatable bonds is 5. The number of piperidine rings is 1. The molecule has 5 heteroatoms. The number of furan rings is 1. The Bertz CT molecular complexity index is 845. The highest BCUT2D eigenvalue weighted by atomic mass is 16.3. The summed E-state index contributed by atoms with van der Waals surface area (Å²) in [6, 6.07) is 13.3. The highest BCUT2D eigenvalue weighted by Crippen LogP contribution is 2.22. The van der Waals surface area contributed by atoms with E-state index >= 15 is 0 Å². The SMILES string of the molecule is O=C(c1ccccc1)C1CCCN(Cc2cnc(-c3ccco3)nc2)C1. The Hall–Kier alpha value is -2.79. The lowest BCUT2D eigenvalue weighted by Gasteiger charge is -2.31. The van der Waals surface area contributed by atoms with Gasteiger partial charge in [-0.2, -0.15) is 0 Å². The predicted molar refractivity (Wildman–Crippen MR) is 98.5 cm³/mol. The van der Waals surface area contributed by atoms with Gasteiger partial charge in [-0.05, 0) is 31.5 Å². The maximum Gasteiger partial charge on any atom is 0.195 e. The van der Waals surface area contributed by atoms with Crippen LogP contribution >= 0.6 is 0 Å². The van der Waals surface area contributed by atoms with E-state index in [4.69, 9.17) is 4.42 Å². The smallest absolute Gasteiger partial charge is 0.195 e. The molecule has 0 saturated carbocycles. The van der Waals surface area contributed by atoms with Crippen molar-refractivity contribution in [2.24, 2.45) is 5.92 Å². The van der Waals surface area contributed by atoms with E-state index < -0.39 is 0 Å². The molecule has 0 N–H and O–H groups in total. The molecular formula is C21H21N3O2. The van der Waals surface area contributed by atoms with Gasteiger partial charge in [-0.15, -0.1) is 0 Å². The van der Waals surface area contributed by atoms with Gasteiger partial charge in [0.05, 0.1) is 6.26 Å². The lowest BCUT2D eigenvalue weighted by molar-refractivity contribution is 0.0811. The number of aromatic nitrogens is 2. The van der Waals surface area contributed by atoms with Crippen LogP contribution in [0.5, 0.6) is 0 Å². The first kappa shape index (κ1) is 16.7. The van der Waals surface area contributed by atoms with Crippen LogP contribution in [0.2, 0.25) is 0 Å². The minimum absolute atomic E-state index is 0.0643. The number of hydrogen-bond acceptors (Lipinski definition) is 5. The Kier molecular flexibility index (Phi) is 4.88. The molecule has 26 heavy (non-hydrogen) atoms. The summed E-state index contributed by atoms with van der Waals surface area (Å²) >= 11 is 0. The molecule has 5 nitrogen and oxygen atoms in total. The maximum absolute atomic E-state index is 12.7. The van der Waals surface area contributed by atoms with Crippen molar-refractivity contribution in [1.29, 1.82) is 0 Å². The fourth-order valence-electron chi connectivity index (χ4n) is 3.48. The third kappa shape index (κ3) is 3.73. The Balaban J connectivity index is 1.40. The first-order valence-corrected chi connectivity index (χ1v) is 8.96. The molecule has 1 aliphatic heterocycles. The van der Waals surface area contributed by atoms with E-state index in [-0.39, 0.29) is 11.7 Å². The quantitative estimate of drug-likeness (QED) is 0.657. The van der Waals surface area contributed by atoms with Crippen LogP contribution in [0.15, 0.2) is 65.5 Å². The topological polar surface area (TPSA) is 59.2 Å². The number of carbonyl (C=O) groups is 1. The second kappa shape index (κ2) is 7.62. The fraction of sp³-hybridized carbons (Fsp3) is 0.286. The zero-order chi connectivity index (χ0) is 17.8. The maximum atomic E-state index is 12.7. The minimum Gasteiger partial charge on any atom is -0.461 e. The number of ketones is 1. The van der Waals surface area contributed by atoms with Crippen molar-refractivity contribution in [3.05, 3.63) is 72.2 Å². The number of hydrogen-bond donors (Lipinski definition) is 0. The van der Waals surface area contributed by atoms with Crippen molar-refractivity contribution in [2.45, 2.75) is 19.4 Å². The van der Waals surface area contributed by atoms with Gasteiger partial charge < -0.3 is 4.42 Å². The van der Waals surface area contributed by atoms with Gasteiger partial charge in [-0.1, -0.05) is 30.3 Å². The molecule has 1 aliphatic rings. The van der Waals surface area contributed by atoms with Gasteiger partial charge in [0, 0.05) is 42.5 Å². The van der Waals surface area contributed by atoms with Crippen LogP contribution in [0.25, 0.3) is 11.6 Å². The summed E-state index contributed by atoms with van der Waals surface area (Å²) in [5, 5.41) is 0. The summed E-state index contributed by atoms with van der Waals surface area (Å²) in [5.41, 5.74) is 1.86. The highest BCUT2D eigenvalue weighted by Gasteiger charge is 2.26. The lowest BCUT2D eigenvalue weighted by atomic mass is 9.90. The van der Waals surface area contributed by atoms with Crippen molar-refractivity contribution >= 4 is 5.78 Å². The van der Waals surface area contributed by atoms with Crippen molar-refractivity contribution in [1.82, 2.24) is 14.9 Å². The van der Waals surface area contributed by atoms with Gasteiger partial charge in [0.15, 0.2) is 17.4 Å². The molecule has 0 aliphatic carbocycles. The second-order valence-electron chi connectivity index (χ2n) is 6.70. The monoisotopic (exact) mass is 347 g/mol. The molecule has 3 aromatic rings. The van der Waals surface area contributed by atoms with E-state index in [0.717, 1.165) is 43.6 Å². The van der Waals surface area contributed by atoms with Crippen LogP contribution in [0.3, 0.4) is 0 Å².